The molecule has 2 aromatic rings. The number of hydrogen-bond acceptors (Lipinski definition) is 7. The van der Waals surface area contributed by atoms with Gasteiger partial charge >= 0.3 is 0 Å². The maximum Gasteiger partial charge on any atom is 0.162 e. The summed E-state index contributed by atoms with van der Waals surface area (Å²) in [4.78, 5) is 0. The minimum Gasteiger partial charge on any atom is -0.490 e. The third-order valence-electron chi connectivity index (χ3n) is 3.27. The molecule has 0 saturated heterocycles. The first-order valence-corrected chi connectivity index (χ1v) is 7.84. The van der Waals surface area contributed by atoms with Gasteiger partial charge in [-0.1, -0.05) is 12.1 Å². The van der Waals surface area contributed by atoms with Gasteiger partial charge in [-0.25, -0.2) is 5.84 Å². The number of hydrazine groups is 1. The number of nitrogens with zero attached hydrogens (tertiary/aromatic N) is 2. The summed E-state index contributed by atoms with van der Waals surface area (Å²) in [6.45, 7) is 6.80. The number of nitrogens with two attached hydrogens (primary N) is 1. The van der Waals surface area contributed by atoms with Gasteiger partial charge in [-0.2, -0.15) is 0 Å². The zero-order chi connectivity index (χ0) is 17.6. The van der Waals surface area contributed by atoms with Gasteiger partial charge in [-0.15, -0.1) is 10.2 Å². The topological polar surface area (TPSA) is 105 Å². The van der Waals surface area contributed by atoms with Crippen molar-refractivity contribution in [3.8, 4) is 17.0 Å². The molecule has 0 aliphatic rings. The molecule has 1 aromatic heterocycles. The predicted octanol–water partition coefficient (Wildman–Crippen LogP) is 1.56. The molecule has 24 heavy (non-hydrogen) atoms. The second kappa shape index (κ2) is 8.05. The molecule has 0 aliphatic heterocycles. The number of β-amino-alcohol motifs (C(OH)–C–C–N with tert-alkyl or cyclic N) is 1. The summed E-state index contributed by atoms with van der Waals surface area (Å²) < 4.78 is 5.78. The molecule has 7 nitrogen and oxygen atoms in total. The van der Waals surface area contributed by atoms with E-state index in [0.717, 1.165) is 5.56 Å². The normalized spacial score (nSPS) is 12.7. The van der Waals surface area contributed by atoms with Gasteiger partial charge in [-0.3, -0.25) is 0 Å². The Morgan fingerprint density at radius 3 is 2.54 bits per heavy atom. The molecule has 1 aromatic carbocycles. The fraction of sp³-hybridized carbons (Fsp3) is 0.412. The van der Waals surface area contributed by atoms with E-state index in [2.05, 4.69) is 41.7 Å². The largest absolute Gasteiger partial charge is 0.490 e. The van der Waals surface area contributed by atoms with Crippen LogP contribution in [0.1, 0.15) is 20.8 Å². The van der Waals surface area contributed by atoms with Crippen molar-refractivity contribution in [3.63, 3.8) is 0 Å². The van der Waals surface area contributed by atoms with Crippen LogP contribution in [-0.4, -0.2) is 40.1 Å². The quantitative estimate of drug-likeness (QED) is 0.451. The van der Waals surface area contributed by atoms with E-state index in [1.807, 2.05) is 30.3 Å². The molecule has 1 heterocycles. The van der Waals surface area contributed by atoms with Crippen LogP contribution in [-0.2, 0) is 0 Å². The van der Waals surface area contributed by atoms with Gasteiger partial charge in [0, 0.05) is 17.6 Å². The van der Waals surface area contributed by atoms with Gasteiger partial charge in [0.1, 0.15) is 18.5 Å². The van der Waals surface area contributed by atoms with Crippen molar-refractivity contribution in [3.05, 3.63) is 36.4 Å². The van der Waals surface area contributed by atoms with Crippen LogP contribution >= 0.6 is 0 Å². The van der Waals surface area contributed by atoms with Crippen molar-refractivity contribution in [1.82, 2.24) is 15.5 Å². The van der Waals surface area contributed by atoms with E-state index in [1.54, 1.807) is 6.07 Å². The van der Waals surface area contributed by atoms with Crippen LogP contribution in [0, 0.1) is 0 Å². The second-order valence-electron chi connectivity index (χ2n) is 6.54. The van der Waals surface area contributed by atoms with E-state index in [4.69, 9.17) is 10.6 Å². The summed E-state index contributed by atoms with van der Waals surface area (Å²) in [5.74, 6) is 6.43. The Morgan fingerprint density at radius 1 is 1.17 bits per heavy atom. The fourth-order valence-corrected chi connectivity index (χ4v) is 2.03. The van der Waals surface area contributed by atoms with Crippen LogP contribution in [0.5, 0.6) is 5.75 Å². The summed E-state index contributed by atoms with van der Waals surface area (Å²) in [7, 11) is 0. The lowest BCUT2D eigenvalue weighted by atomic mass is 10.1. The molecule has 0 fully saturated rings. The Kier molecular flexibility index (Phi) is 6.08. The Labute approximate surface area is 142 Å². The van der Waals surface area contributed by atoms with E-state index >= 15 is 0 Å². The molecule has 0 amide bonds. The SMILES string of the molecule is CC(C)(C)NC[C@@H](O)COc1ccccc1-c1ccc(NN)nn1. The minimum atomic E-state index is -0.604. The molecule has 5 N–H and O–H groups in total. The molecule has 0 unspecified atom stereocenters. The number of aliphatic hydroxyl groups is 1. The average molecular weight is 331 g/mol. The van der Waals surface area contributed by atoms with Gasteiger partial charge < -0.3 is 20.6 Å². The van der Waals surface area contributed by atoms with Crippen molar-refractivity contribution < 1.29 is 9.84 Å². The number of ether oxygens (including phenoxy) is 1. The summed E-state index contributed by atoms with van der Waals surface area (Å²) in [6, 6.07) is 11.1. The number of nitrogen functional groups attached to an aromatic ring is 1. The Morgan fingerprint density at radius 2 is 1.92 bits per heavy atom. The molecular weight excluding hydrogens is 306 g/mol. The first kappa shape index (κ1) is 18.1. The van der Waals surface area contributed by atoms with Crippen LogP contribution in [0.15, 0.2) is 36.4 Å². The molecule has 0 aliphatic carbocycles. The van der Waals surface area contributed by atoms with Crippen molar-refractivity contribution in [2.24, 2.45) is 5.84 Å². The molecule has 7 heteroatoms. The Balaban J connectivity index is 2.03. The Hall–Kier alpha value is -2.22. The van der Waals surface area contributed by atoms with E-state index in [1.165, 1.54) is 0 Å². The summed E-state index contributed by atoms with van der Waals surface area (Å²) in [5.41, 5.74) is 3.88. The smallest absolute Gasteiger partial charge is 0.162 e. The number of aromatic nitrogens is 2. The molecule has 130 valence electrons. The highest BCUT2D eigenvalue weighted by Crippen LogP contribution is 2.28. The third kappa shape index (κ3) is 5.45. The second-order valence-corrected chi connectivity index (χ2v) is 6.54. The van der Waals surface area contributed by atoms with Crippen molar-refractivity contribution in [2.45, 2.75) is 32.4 Å². The first-order chi connectivity index (χ1) is 11.4. The lowest BCUT2D eigenvalue weighted by Crippen LogP contribution is -2.42. The molecule has 1 atom stereocenters. The summed E-state index contributed by atoms with van der Waals surface area (Å²) in [6.07, 6.45) is -0.604. The van der Waals surface area contributed by atoms with Gasteiger partial charge in [-0.05, 0) is 45.0 Å². The molecule has 0 bridgehead atoms. The van der Waals surface area contributed by atoms with Crippen LogP contribution < -0.4 is 21.3 Å². The number of hydrogen-bond donors (Lipinski definition) is 4. The number of anilines is 1. The highest BCUT2D eigenvalue weighted by atomic mass is 16.5. The van der Waals surface area contributed by atoms with Gasteiger partial charge in [0.05, 0.1) is 5.69 Å². The van der Waals surface area contributed by atoms with Crippen LogP contribution in [0.4, 0.5) is 5.82 Å². The predicted molar refractivity (Wildman–Crippen MR) is 94.5 cm³/mol. The molecule has 0 spiro atoms. The molecular formula is C17H25N5O2. The number of para-hydroxylation sites is 1. The van der Waals surface area contributed by atoms with Crippen molar-refractivity contribution in [2.75, 3.05) is 18.6 Å². The van der Waals surface area contributed by atoms with Crippen LogP contribution in [0.25, 0.3) is 11.3 Å². The van der Waals surface area contributed by atoms with E-state index in [-0.39, 0.29) is 12.1 Å². The Bertz CT molecular complexity index is 640. The monoisotopic (exact) mass is 331 g/mol. The van der Waals surface area contributed by atoms with Gasteiger partial charge in [0.25, 0.3) is 0 Å². The van der Waals surface area contributed by atoms with E-state index < -0.39 is 6.10 Å². The lowest BCUT2D eigenvalue weighted by molar-refractivity contribution is 0.100. The maximum absolute atomic E-state index is 10.1. The van der Waals surface area contributed by atoms with Gasteiger partial charge in [0.15, 0.2) is 5.82 Å². The number of benzene rings is 1. The summed E-state index contributed by atoms with van der Waals surface area (Å²) in [5, 5.41) is 21.4. The number of aliphatic hydroxyl groups excluding tert-OH is 1. The highest BCUT2D eigenvalue weighted by Gasteiger charge is 2.14. The molecule has 0 saturated carbocycles. The minimum absolute atomic E-state index is 0.0484. The zero-order valence-electron chi connectivity index (χ0n) is 14.3. The fourth-order valence-electron chi connectivity index (χ4n) is 2.03. The third-order valence-corrected chi connectivity index (χ3v) is 3.27. The van der Waals surface area contributed by atoms with Crippen molar-refractivity contribution in [1.29, 1.82) is 0 Å². The zero-order valence-corrected chi connectivity index (χ0v) is 14.3. The van der Waals surface area contributed by atoms with E-state index in [0.29, 0.717) is 23.8 Å². The number of rotatable bonds is 7. The number of nitrogens with one attached hydrogen (secondary N) is 2. The molecule has 0 radical (unpaired) electrons. The van der Waals surface area contributed by atoms with E-state index in [9.17, 15) is 5.11 Å². The van der Waals surface area contributed by atoms with Crippen LogP contribution in [0.2, 0.25) is 0 Å². The highest BCUT2D eigenvalue weighted by molar-refractivity contribution is 5.67. The van der Waals surface area contributed by atoms with Crippen LogP contribution in [0.3, 0.4) is 0 Å². The standard InChI is InChI=1S/C17H25N5O2/c1-17(2,3)19-10-12(23)11-24-15-7-5-4-6-13(15)14-8-9-16(20-18)22-21-14/h4-9,12,19,23H,10-11,18H2,1-3H3,(H,20,22)/t12-/m1/s1. The lowest BCUT2D eigenvalue weighted by Gasteiger charge is -2.23. The van der Waals surface area contributed by atoms with Crippen molar-refractivity contribution >= 4 is 5.82 Å². The average Bonchev–Trinajstić information content (AvgIpc) is 2.58. The summed E-state index contributed by atoms with van der Waals surface area (Å²) >= 11 is 0. The van der Waals surface area contributed by atoms with Gasteiger partial charge in [0.2, 0.25) is 0 Å². The first-order valence-electron chi connectivity index (χ1n) is 7.84. The maximum atomic E-state index is 10.1. The molecule has 2 rings (SSSR count).